The molecule has 3 aromatic heterocycles. The number of pyridine rings is 2. The van der Waals surface area contributed by atoms with Gasteiger partial charge in [0.25, 0.3) is 0 Å². The van der Waals surface area contributed by atoms with E-state index in [1.165, 1.54) is 0 Å². The molecule has 1 fully saturated rings. The molecule has 0 radical (unpaired) electrons. The fraction of sp³-hybridized carbons (Fsp3) is 0.435. The van der Waals surface area contributed by atoms with E-state index in [-0.39, 0.29) is 30.0 Å². The van der Waals surface area contributed by atoms with Gasteiger partial charge in [0.05, 0.1) is 6.10 Å². The molecule has 1 aliphatic heterocycles. The van der Waals surface area contributed by atoms with Gasteiger partial charge in [-0.1, -0.05) is 20.3 Å². The van der Waals surface area contributed by atoms with E-state index in [0.29, 0.717) is 29.8 Å². The highest BCUT2D eigenvalue weighted by atomic mass is 16.3. The van der Waals surface area contributed by atoms with Gasteiger partial charge in [0, 0.05) is 61.3 Å². The van der Waals surface area contributed by atoms with Crippen LogP contribution in [0.3, 0.4) is 0 Å². The summed E-state index contributed by atoms with van der Waals surface area (Å²) >= 11 is 0. The molecule has 31 heavy (non-hydrogen) atoms. The van der Waals surface area contributed by atoms with Gasteiger partial charge >= 0.3 is 0 Å². The molecule has 8 nitrogen and oxygen atoms in total. The van der Waals surface area contributed by atoms with Gasteiger partial charge in [0.1, 0.15) is 11.1 Å². The number of furan rings is 1. The van der Waals surface area contributed by atoms with Crippen molar-refractivity contribution in [2.45, 2.75) is 45.3 Å². The van der Waals surface area contributed by atoms with Crippen LogP contribution < -0.4 is 16.4 Å². The van der Waals surface area contributed by atoms with Gasteiger partial charge in [-0.15, -0.1) is 0 Å². The van der Waals surface area contributed by atoms with Crippen LogP contribution in [0.1, 0.15) is 41.8 Å². The van der Waals surface area contributed by atoms with E-state index >= 15 is 0 Å². The number of Topliss-reactive ketones (excluding diaryl/α,β-unsaturated/α-hetero) is 1. The van der Waals surface area contributed by atoms with Crippen molar-refractivity contribution in [2.75, 3.05) is 23.7 Å². The molecule has 0 aliphatic carbocycles. The zero-order valence-corrected chi connectivity index (χ0v) is 17.9. The molecule has 0 spiro atoms. The van der Waals surface area contributed by atoms with Crippen LogP contribution in [0.4, 0.5) is 11.6 Å². The van der Waals surface area contributed by atoms with Crippen LogP contribution in [0.2, 0.25) is 0 Å². The number of carbonyl (C=O) groups excluding carboxylic acids is 1. The summed E-state index contributed by atoms with van der Waals surface area (Å²) in [7, 11) is 0. The van der Waals surface area contributed by atoms with Crippen molar-refractivity contribution in [1.29, 1.82) is 0 Å². The highest BCUT2D eigenvalue weighted by molar-refractivity contribution is 6.10. The lowest BCUT2D eigenvalue weighted by molar-refractivity contribution is 0.0784. The molecule has 3 aromatic rings. The number of rotatable bonds is 6. The number of ketones is 1. The number of carbonyl (C=O) groups is 1. The third kappa shape index (κ3) is 4.13. The molecule has 0 aromatic carbocycles. The first kappa shape index (κ1) is 21.3. The van der Waals surface area contributed by atoms with Gasteiger partial charge < -0.3 is 25.9 Å². The van der Waals surface area contributed by atoms with Crippen LogP contribution in [0.15, 0.2) is 35.1 Å². The summed E-state index contributed by atoms with van der Waals surface area (Å²) < 4.78 is 5.66. The smallest absolute Gasteiger partial charge is 0.204 e. The molecule has 0 saturated carbocycles. The minimum atomic E-state index is -0.538. The maximum absolute atomic E-state index is 13.2. The van der Waals surface area contributed by atoms with Crippen LogP contribution in [0.25, 0.3) is 11.1 Å². The summed E-state index contributed by atoms with van der Waals surface area (Å²) in [5.74, 6) is -0.0607. The number of aromatic nitrogens is 2. The summed E-state index contributed by atoms with van der Waals surface area (Å²) in [5.41, 5.74) is 16.2. The fourth-order valence-corrected chi connectivity index (χ4v) is 4.37. The minimum Gasteiger partial charge on any atom is -0.438 e. The lowest BCUT2D eigenvalue weighted by atomic mass is 9.92. The first-order valence-electron chi connectivity index (χ1n) is 10.7. The number of aryl methyl sites for hydroxylation is 1. The van der Waals surface area contributed by atoms with Crippen LogP contribution >= 0.6 is 0 Å². The Hall–Kier alpha value is -2.97. The number of nitrogens with two attached hydrogens (primary N) is 2. The molecule has 3 atom stereocenters. The summed E-state index contributed by atoms with van der Waals surface area (Å²) in [6.07, 6.45) is 6.62. The molecular formula is C23H29N5O3. The Morgan fingerprint density at radius 3 is 2.90 bits per heavy atom. The molecular weight excluding hydrogens is 394 g/mol. The Balaban J connectivity index is 1.62. The second kappa shape index (κ2) is 8.64. The van der Waals surface area contributed by atoms with E-state index in [1.54, 1.807) is 18.6 Å². The molecule has 4 rings (SSSR count). The Kier molecular flexibility index (Phi) is 5.93. The Morgan fingerprint density at radius 1 is 1.35 bits per heavy atom. The number of fused-ring (bicyclic) bond motifs is 1. The van der Waals surface area contributed by atoms with E-state index in [1.807, 2.05) is 19.1 Å². The molecule has 0 bridgehead atoms. The zero-order chi connectivity index (χ0) is 22.1. The molecule has 0 amide bonds. The summed E-state index contributed by atoms with van der Waals surface area (Å²) in [5, 5.41) is 10.2. The van der Waals surface area contributed by atoms with Crippen LogP contribution in [-0.2, 0) is 12.8 Å². The van der Waals surface area contributed by atoms with E-state index in [9.17, 15) is 9.90 Å². The number of nitrogen functional groups attached to an aromatic ring is 1. The van der Waals surface area contributed by atoms with Crippen LogP contribution in [0, 0.1) is 5.92 Å². The van der Waals surface area contributed by atoms with Crippen molar-refractivity contribution in [3.63, 3.8) is 0 Å². The van der Waals surface area contributed by atoms with Gasteiger partial charge in [0.15, 0.2) is 11.4 Å². The van der Waals surface area contributed by atoms with E-state index in [4.69, 9.17) is 15.9 Å². The van der Waals surface area contributed by atoms with Gasteiger partial charge in [0.2, 0.25) is 5.88 Å². The summed E-state index contributed by atoms with van der Waals surface area (Å²) in [6.45, 7) is 5.23. The van der Waals surface area contributed by atoms with E-state index in [0.717, 1.165) is 29.7 Å². The lowest BCUT2D eigenvalue weighted by Gasteiger charge is -2.40. The third-order valence-corrected chi connectivity index (χ3v) is 5.96. The van der Waals surface area contributed by atoms with Crippen molar-refractivity contribution >= 4 is 28.5 Å². The van der Waals surface area contributed by atoms with Crippen molar-refractivity contribution in [3.05, 3.63) is 47.4 Å². The second-order valence-corrected chi connectivity index (χ2v) is 8.42. The monoisotopic (exact) mass is 423 g/mol. The number of anilines is 2. The largest absolute Gasteiger partial charge is 0.438 e. The third-order valence-electron chi connectivity index (χ3n) is 5.96. The number of hydrogen-bond acceptors (Lipinski definition) is 8. The first-order valence-corrected chi connectivity index (χ1v) is 10.7. The average molecular weight is 424 g/mol. The first-order chi connectivity index (χ1) is 14.9. The predicted molar refractivity (Wildman–Crippen MR) is 120 cm³/mol. The van der Waals surface area contributed by atoms with Gasteiger partial charge in [-0.25, -0.2) is 0 Å². The molecule has 8 heteroatoms. The van der Waals surface area contributed by atoms with E-state index < -0.39 is 6.10 Å². The van der Waals surface area contributed by atoms with Crippen molar-refractivity contribution in [3.8, 4) is 0 Å². The Bertz CT molecular complexity index is 1080. The van der Waals surface area contributed by atoms with Crippen molar-refractivity contribution in [1.82, 2.24) is 9.97 Å². The van der Waals surface area contributed by atoms with Crippen molar-refractivity contribution < 1.29 is 14.3 Å². The summed E-state index contributed by atoms with van der Waals surface area (Å²) in [6, 6.07) is 3.43. The number of nitrogens with zero attached hydrogens (tertiary/aromatic N) is 3. The molecule has 164 valence electrons. The number of aliphatic hydroxyl groups excluding tert-OH is 1. The molecule has 1 aliphatic rings. The standard InChI is InChI=1S/C23H29N5O3/c1-3-4-14-7-19-21(27-9-14)20(23(25)31-19)18(29)8-15-10-26-6-5-17(15)28-11-13(2)22(30)16(24)12-28/h5-7,9-10,13,16,22,30H,3-4,8,11-12,24-25H2,1-2H3/t13-,16+,22+/m0/s1. The minimum absolute atomic E-state index is 0.0236. The lowest BCUT2D eigenvalue weighted by Crippen LogP contribution is -2.55. The quantitative estimate of drug-likeness (QED) is 0.515. The maximum atomic E-state index is 13.2. The Labute approximate surface area is 181 Å². The van der Waals surface area contributed by atoms with E-state index in [2.05, 4.69) is 21.8 Å². The van der Waals surface area contributed by atoms with Gasteiger partial charge in [-0.3, -0.25) is 14.8 Å². The van der Waals surface area contributed by atoms with Gasteiger partial charge in [-0.05, 0) is 24.1 Å². The Morgan fingerprint density at radius 2 is 2.16 bits per heavy atom. The zero-order valence-electron chi connectivity index (χ0n) is 17.9. The summed E-state index contributed by atoms with van der Waals surface area (Å²) in [4.78, 5) is 24.0. The van der Waals surface area contributed by atoms with Crippen LogP contribution in [0.5, 0.6) is 0 Å². The highest BCUT2D eigenvalue weighted by Crippen LogP contribution is 2.31. The molecule has 4 heterocycles. The SMILES string of the molecule is CCCc1cnc2c(C(=O)Cc3cnccc3N3C[C@@H](N)[C@H](O)[C@@H](C)C3)c(N)oc2c1. The van der Waals surface area contributed by atoms with Crippen molar-refractivity contribution in [2.24, 2.45) is 11.7 Å². The number of hydrogen-bond donors (Lipinski definition) is 3. The maximum Gasteiger partial charge on any atom is 0.204 e. The fourth-order valence-electron chi connectivity index (χ4n) is 4.37. The number of piperidine rings is 1. The van der Waals surface area contributed by atoms with Crippen LogP contribution in [-0.4, -0.2) is 46.1 Å². The molecule has 5 N–H and O–H groups in total. The van der Waals surface area contributed by atoms with Gasteiger partial charge in [-0.2, -0.15) is 0 Å². The number of aliphatic hydroxyl groups is 1. The predicted octanol–water partition coefficient (Wildman–Crippen LogP) is 2.33. The molecule has 0 unspecified atom stereocenters. The average Bonchev–Trinajstić information content (AvgIpc) is 3.07. The topological polar surface area (TPSA) is 132 Å². The molecule has 1 saturated heterocycles. The second-order valence-electron chi connectivity index (χ2n) is 8.42. The normalized spacial score (nSPS) is 21.5. The highest BCUT2D eigenvalue weighted by Gasteiger charge is 2.32.